The number of nitrogens with zero attached hydrogens (tertiary/aromatic N) is 1. The van der Waals surface area contributed by atoms with Crippen LogP contribution in [0.2, 0.25) is 0 Å². The number of para-hydroxylation sites is 1. The lowest BCUT2D eigenvalue weighted by atomic mass is 9.76. The number of methoxy groups -OCH3 is 2. The molecule has 3 heterocycles. The van der Waals surface area contributed by atoms with Gasteiger partial charge in [0.2, 0.25) is 0 Å². The van der Waals surface area contributed by atoms with Crippen molar-refractivity contribution < 1.29 is 19.0 Å². The molecule has 2 bridgehead atoms. The molecule has 1 aliphatic carbocycles. The van der Waals surface area contributed by atoms with Crippen LogP contribution >= 0.6 is 0 Å². The highest BCUT2D eigenvalue weighted by Gasteiger charge is 2.45. The zero-order valence-electron chi connectivity index (χ0n) is 21.4. The first-order chi connectivity index (χ1) is 17.0. The van der Waals surface area contributed by atoms with Crippen LogP contribution in [0.15, 0.2) is 36.4 Å². The SMILES string of the molecule is CCC1(CC)Cc2cc(-c3cccc(OC)c3OC)ccc2C1NC(=O)O[C@@H]1CN2CCC1CC2. The fourth-order valence-electron chi connectivity index (χ4n) is 6.61. The number of nitrogens with one attached hydrogen (secondary N) is 1. The largest absolute Gasteiger partial charge is 0.493 e. The first-order valence-electron chi connectivity index (χ1n) is 13.1. The molecule has 2 aromatic rings. The Labute approximate surface area is 208 Å². The van der Waals surface area contributed by atoms with Crippen LogP contribution in [0.5, 0.6) is 11.5 Å². The van der Waals surface area contributed by atoms with Gasteiger partial charge in [-0.25, -0.2) is 4.79 Å². The van der Waals surface area contributed by atoms with E-state index < -0.39 is 0 Å². The molecule has 1 amide bonds. The van der Waals surface area contributed by atoms with Gasteiger partial charge in [0, 0.05) is 12.1 Å². The lowest BCUT2D eigenvalue weighted by Gasteiger charge is -2.44. The topological polar surface area (TPSA) is 60.0 Å². The summed E-state index contributed by atoms with van der Waals surface area (Å²) in [6.45, 7) is 7.61. The monoisotopic (exact) mass is 478 g/mol. The van der Waals surface area contributed by atoms with Crippen molar-refractivity contribution in [1.29, 1.82) is 0 Å². The fourth-order valence-corrected chi connectivity index (χ4v) is 6.61. The van der Waals surface area contributed by atoms with Gasteiger partial charge in [-0.2, -0.15) is 0 Å². The zero-order chi connectivity index (χ0) is 24.6. The van der Waals surface area contributed by atoms with E-state index in [-0.39, 0.29) is 23.7 Å². The van der Waals surface area contributed by atoms with E-state index in [1.807, 2.05) is 12.1 Å². The number of hydrogen-bond acceptors (Lipinski definition) is 5. The van der Waals surface area contributed by atoms with Crippen LogP contribution in [0.4, 0.5) is 4.79 Å². The van der Waals surface area contributed by atoms with E-state index in [0.29, 0.717) is 5.92 Å². The summed E-state index contributed by atoms with van der Waals surface area (Å²) in [6.07, 6.45) is 4.91. The van der Waals surface area contributed by atoms with Gasteiger partial charge in [-0.15, -0.1) is 0 Å². The number of piperidine rings is 3. The molecule has 6 heteroatoms. The summed E-state index contributed by atoms with van der Waals surface area (Å²) in [5.41, 5.74) is 4.56. The molecule has 35 heavy (non-hydrogen) atoms. The molecule has 0 radical (unpaired) electrons. The second kappa shape index (κ2) is 9.73. The first-order valence-corrected chi connectivity index (χ1v) is 13.1. The summed E-state index contributed by atoms with van der Waals surface area (Å²) in [6, 6.07) is 12.5. The number of ether oxygens (including phenoxy) is 3. The lowest BCUT2D eigenvalue weighted by Crippen LogP contribution is -2.53. The summed E-state index contributed by atoms with van der Waals surface area (Å²) < 4.78 is 17.2. The predicted octanol–water partition coefficient (Wildman–Crippen LogP) is 5.59. The molecule has 4 aliphatic rings. The summed E-state index contributed by atoms with van der Waals surface area (Å²) >= 11 is 0. The Bertz CT molecular complexity index is 1070. The highest BCUT2D eigenvalue weighted by atomic mass is 16.6. The summed E-state index contributed by atoms with van der Waals surface area (Å²) in [4.78, 5) is 15.5. The average molecular weight is 479 g/mol. The van der Waals surface area contributed by atoms with Crippen LogP contribution in [0.1, 0.15) is 56.7 Å². The van der Waals surface area contributed by atoms with Crippen LogP contribution in [-0.2, 0) is 11.2 Å². The third kappa shape index (κ3) is 4.26. The molecule has 6 nitrogen and oxygen atoms in total. The molecule has 2 aromatic carbocycles. The molecule has 188 valence electrons. The molecule has 0 saturated carbocycles. The number of fused-ring (bicyclic) bond motifs is 4. The van der Waals surface area contributed by atoms with Gasteiger partial charge < -0.3 is 19.5 Å². The lowest BCUT2D eigenvalue weighted by molar-refractivity contribution is -0.0353. The molecule has 1 unspecified atom stereocenters. The molecule has 6 rings (SSSR count). The summed E-state index contributed by atoms with van der Waals surface area (Å²) in [5, 5.41) is 3.31. The van der Waals surface area contributed by atoms with Crippen molar-refractivity contribution in [2.75, 3.05) is 33.9 Å². The quantitative estimate of drug-likeness (QED) is 0.562. The maximum Gasteiger partial charge on any atom is 0.407 e. The van der Waals surface area contributed by atoms with Gasteiger partial charge in [0.25, 0.3) is 0 Å². The second-order valence-electron chi connectivity index (χ2n) is 10.4. The van der Waals surface area contributed by atoms with Crippen LogP contribution in [-0.4, -0.2) is 51.0 Å². The number of alkyl carbamates (subject to hydrolysis) is 1. The Morgan fingerprint density at radius 1 is 1.09 bits per heavy atom. The summed E-state index contributed by atoms with van der Waals surface area (Å²) in [7, 11) is 3.33. The number of hydrogen-bond donors (Lipinski definition) is 1. The fraction of sp³-hybridized carbons (Fsp3) is 0.552. The van der Waals surface area contributed by atoms with Crippen molar-refractivity contribution in [1.82, 2.24) is 10.2 Å². The number of rotatable bonds is 7. The molecular formula is C29H38N2O4. The molecule has 1 N–H and O–H groups in total. The second-order valence-corrected chi connectivity index (χ2v) is 10.4. The van der Waals surface area contributed by atoms with Crippen molar-refractivity contribution in [2.45, 2.75) is 58.1 Å². The molecular weight excluding hydrogens is 440 g/mol. The highest BCUT2D eigenvalue weighted by molar-refractivity contribution is 5.75. The first kappa shape index (κ1) is 24.0. The van der Waals surface area contributed by atoms with E-state index in [1.54, 1.807) is 14.2 Å². The Morgan fingerprint density at radius 3 is 2.49 bits per heavy atom. The average Bonchev–Trinajstić information content (AvgIpc) is 3.21. The van der Waals surface area contributed by atoms with Crippen LogP contribution in [0, 0.1) is 11.3 Å². The van der Waals surface area contributed by atoms with Gasteiger partial charge >= 0.3 is 6.09 Å². The van der Waals surface area contributed by atoms with E-state index in [9.17, 15) is 4.79 Å². The van der Waals surface area contributed by atoms with E-state index in [1.165, 1.54) is 11.1 Å². The third-order valence-electron chi connectivity index (χ3n) is 8.85. The minimum absolute atomic E-state index is 0.0129. The maximum absolute atomic E-state index is 13.1. The summed E-state index contributed by atoms with van der Waals surface area (Å²) in [5.74, 6) is 1.96. The molecule has 0 aromatic heterocycles. The number of carbonyl (C=O) groups excluding carboxylic acids is 1. The number of amides is 1. The van der Waals surface area contributed by atoms with Crippen molar-refractivity contribution in [2.24, 2.45) is 11.3 Å². The normalized spacial score (nSPS) is 26.2. The minimum Gasteiger partial charge on any atom is -0.493 e. The minimum atomic E-state index is -0.272. The third-order valence-corrected chi connectivity index (χ3v) is 8.85. The van der Waals surface area contributed by atoms with Gasteiger partial charge in [0.1, 0.15) is 6.10 Å². The molecule has 3 saturated heterocycles. The van der Waals surface area contributed by atoms with Gasteiger partial charge in [-0.05, 0) is 79.3 Å². The molecule has 2 atom stereocenters. The smallest absolute Gasteiger partial charge is 0.407 e. The highest BCUT2D eigenvalue weighted by Crippen LogP contribution is 2.51. The van der Waals surface area contributed by atoms with Crippen LogP contribution in [0.3, 0.4) is 0 Å². The van der Waals surface area contributed by atoms with E-state index in [0.717, 1.165) is 74.4 Å². The van der Waals surface area contributed by atoms with E-state index in [4.69, 9.17) is 14.2 Å². The molecule has 0 spiro atoms. The van der Waals surface area contributed by atoms with Gasteiger partial charge in [-0.1, -0.05) is 44.2 Å². The molecule has 3 aliphatic heterocycles. The van der Waals surface area contributed by atoms with Crippen molar-refractivity contribution in [3.05, 3.63) is 47.5 Å². The van der Waals surface area contributed by atoms with Crippen molar-refractivity contribution in [3.63, 3.8) is 0 Å². The van der Waals surface area contributed by atoms with Crippen LogP contribution < -0.4 is 14.8 Å². The van der Waals surface area contributed by atoms with Gasteiger partial charge in [0.05, 0.1) is 20.3 Å². The van der Waals surface area contributed by atoms with Crippen molar-refractivity contribution >= 4 is 6.09 Å². The Balaban J connectivity index is 1.41. The van der Waals surface area contributed by atoms with E-state index in [2.05, 4.69) is 48.3 Å². The maximum atomic E-state index is 13.1. The number of benzene rings is 2. The predicted molar refractivity (Wildman–Crippen MR) is 137 cm³/mol. The standard InChI is InChI=1S/C29H38N2O4/c1-5-29(6-2)17-21-16-20(22-8-7-9-24(33-3)26(22)34-4)10-11-23(21)27(29)30-28(32)35-25-18-31-14-12-19(25)13-15-31/h7-11,16,19,25,27H,5-6,12-15,17-18H2,1-4H3,(H,30,32)/t25-,27?/m1/s1. The molecule has 3 fully saturated rings. The van der Waals surface area contributed by atoms with Crippen LogP contribution in [0.25, 0.3) is 11.1 Å². The van der Waals surface area contributed by atoms with Gasteiger partial charge in [0.15, 0.2) is 11.5 Å². The van der Waals surface area contributed by atoms with Gasteiger partial charge in [-0.3, -0.25) is 4.90 Å². The Kier molecular flexibility index (Phi) is 6.67. The Morgan fingerprint density at radius 2 is 1.86 bits per heavy atom. The zero-order valence-corrected chi connectivity index (χ0v) is 21.4. The number of carbonyl (C=O) groups is 1. The van der Waals surface area contributed by atoms with Crippen molar-refractivity contribution in [3.8, 4) is 22.6 Å². The van der Waals surface area contributed by atoms with E-state index >= 15 is 0 Å². The Hall–Kier alpha value is -2.73.